The molecular weight excluding hydrogens is 180 g/mol. The highest BCUT2D eigenvalue weighted by Gasteiger charge is 2.54. The van der Waals surface area contributed by atoms with Crippen LogP contribution < -0.4 is 0 Å². The molecule has 0 aromatic carbocycles. The van der Waals surface area contributed by atoms with E-state index in [0.717, 1.165) is 32.1 Å². The number of aliphatic hydroxyl groups excluding tert-OH is 1. The van der Waals surface area contributed by atoms with E-state index in [1.807, 2.05) is 0 Å². The molecule has 76 valence electrons. The first-order valence-corrected chi connectivity index (χ1v) is 5.30. The molecule has 1 heterocycles. The summed E-state index contributed by atoms with van der Waals surface area (Å²) in [5, 5.41) is 9.93. The summed E-state index contributed by atoms with van der Waals surface area (Å²) in [5.74, 6) is -0.409. The van der Waals surface area contributed by atoms with Gasteiger partial charge in [0.25, 0.3) is 0 Å². The lowest BCUT2D eigenvalue weighted by molar-refractivity contribution is -0.184. The third-order valence-corrected chi connectivity index (χ3v) is 3.98. The van der Waals surface area contributed by atoms with Crippen molar-refractivity contribution in [3.63, 3.8) is 0 Å². The second kappa shape index (κ2) is 2.60. The number of hydrogen-bond acceptors (Lipinski definition) is 3. The molecule has 3 rings (SSSR count). The number of carbonyl (C=O) groups excluding carboxylic acids is 1. The Kier molecular flexibility index (Phi) is 1.57. The molecule has 1 saturated carbocycles. The minimum absolute atomic E-state index is 0.0566. The van der Waals surface area contributed by atoms with Gasteiger partial charge in [-0.05, 0) is 32.1 Å². The molecular formula is C11H14O3. The minimum atomic E-state index is -0.909. The number of ether oxygens (including phenoxy) is 1. The van der Waals surface area contributed by atoms with Crippen molar-refractivity contribution in [2.24, 2.45) is 5.41 Å². The van der Waals surface area contributed by atoms with Crippen molar-refractivity contribution in [3.05, 3.63) is 11.6 Å². The SMILES string of the molecule is O=C1O[C@@H]2CCC3=CCC[C@]3(C2)[C@@H]1O. The monoisotopic (exact) mass is 194 g/mol. The summed E-state index contributed by atoms with van der Waals surface area (Å²) in [4.78, 5) is 11.4. The standard InChI is InChI=1S/C11H14O3/c12-9-10(13)14-8-4-3-7-2-1-5-11(7,9)6-8/h2,8-9,12H,1,3-6H2/t8-,9-,11-/m1/s1. The van der Waals surface area contributed by atoms with Crippen LogP contribution in [-0.4, -0.2) is 23.3 Å². The van der Waals surface area contributed by atoms with Gasteiger partial charge in [0.15, 0.2) is 6.10 Å². The Balaban J connectivity index is 2.04. The van der Waals surface area contributed by atoms with Crippen LogP contribution in [0.25, 0.3) is 0 Å². The first-order valence-electron chi connectivity index (χ1n) is 5.30. The smallest absolute Gasteiger partial charge is 0.336 e. The highest BCUT2D eigenvalue weighted by Crippen LogP contribution is 2.54. The van der Waals surface area contributed by atoms with Gasteiger partial charge in [0, 0.05) is 5.41 Å². The lowest BCUT2D eigenvalue weighted by Crippen LogP contribution is -2.52. The van der Waals surface area contributed by atoms with Crippen molar-refractivity contribution in [2.45, 2.75) is 44.3 Å². The molecule has 2 bridgehead atoms. The van der Waals surface area contributed by atoms with Crippen LogP contribution in [0.4, 0.5) is 0 Å². The Morgan fingerprint density at radius 3 is 3.29 bits per heavy atom. The Hall–Kier alpha value is -0.830. The van der Waals surface area contributed by atoms with Gasteiger partial charge in [-0.3, -0.25) is 0 Å². The average molecular weight is 194 g/mol. The molecule has 1 saturated heterocycles. The molecule has 0 radical (unpaired) electrons. The number of esters is 1. The second-order valence-electron chi connectivity index (χ2n) is 4.63. The summed E-state index contributed by atoms with van der Waals surface area (Å²) < 4.78 is 5.16. The van der Waals surface area contributed by atoms with Gasteiger partial charge in [0.2, 0.25) is 0 Å². The van der Waals surface area contributed by atoms with Gasteiger partial charge in [0.1, 0.15) is 6.10 Å². The van der Waals surface area contributed by atoms with E-state index in [0.29, 0.717) is 0 Å². The molecule has 1 aliphatic heterocycles. The van der Waals surface area contributed by atoms with Gasteiger partial charge in [0.05, 0.1) is 0 Å². The topological polar surface area (TPSA) is 46.5 Å². The molecule has 3 nitrogen and oxygen atoms in total. The molecule has 1 N–H and O–H groups in total. The number of aliphatic hydroxyl groups is 1. The van der Waals surface area contributed by atoms with E-state index in [2.05, 4.69) is 6.08 Å². The van der Waals surface area contributed by atoms with Gasteiger partial charge >= 0.3 is 5.97 Å². The molecule has 1 spiro atoms. The Labute approximate surface area is 82.8 Å². The summed E-state index contributed by atoms with van der Waals surface area (Å²) in [6.45, 7) is 0. The lowest BCUT2D eigenvalue weighted by Gasteiger charge is -2.46. The zero-order chi connectivity index (χ0) is 9.76. The highest BCUT2D eigenvalue weighted by atomic mass is 16.6. The lowest BCUT2D eigenvalue weighted by atomic mass is 9.65. The van der Waals surface area contributed by atoms with E-state index >= 15 is 0 Å². The van der Waals surface area contributed by atoms with Gasteiger partial charge in [-0.2, -0.15) is 0 Å². The maximum atomic E-state index is 11.4. The molecule has 2 fully saturated rings. The normalized spacial score (nSPS) is 45.5. The number of allylic oxidation sites excluding steroid dienone is 1. The van der Waals surface area contributed by atoms with Crippen molar-refractivity contribution >= 4 is 5.97 Å². The van der Waals surface area contributed by atoms with E-state index < -0.39 is 12.1 Å². The Bertz CT molecular complexity index is 320. The third-order valence-electron chi connectivity index (χ3n) is 3.98. The van der Waals surface area contributed by atoms with E-state index in [1.165, 1.54) is 5.57 Å². The van der Waals surface area contributed by atoms with Crippen LogP contribution in [0.15, 0.2) is 11.6 Å². The molecule has 2 aliphatic carbocycles. The summed E-state index contributed by atoms with van der Waals surface area (Å²) >= 11 is 0. The quantitative estimate of drug-likeness (QED) is 0.465. The van der Waals surface area contributed by atoms with Crippen molar-refractivity contribution in [1.82, 2.24) is 0 Å². The summed E-state index contributed by atoms with van der Waals surface area (Å²) in [5.41, 5.74) is 1.07. The largest absolute Gasteiger partial charge is 0.460 e. The van der Waals surface area contributed by atoms with Gasteiger partial charge in [-0.15, -0.1) is 0 Å². The van der Waals surface area contributed by atoms with Crippen LogP contribution in [0.5, 0.6) is 0 Å². The zero-order valence-electron chi connectivity index (χ0n) is 8.03. The fraction of sp³-hybridized carbons (Fsp3) is 0.727. The maximum absolute atomic E-state index is 11.4. The predicted molar refractivity (Wildman–Crippen MR) is 49.5 cm³/mol. The summed E-state index contributed by atoms with van der Waals surface area (Å²) in [6.07, 6.45) is 6.06. The van der Waals surface area contributed by atoms with E-state index in [9.17, 15) is 9.90 Å². The molecule has 0 aromatic rings. The van der Waals surface area contributed by atoms with Crippen molar-refractivity contribution in [3.8, 4) is 0 Å². The fourth-order valence-corrected chi connectivity index (χ4v) is 3.26. The van der Waals surface area contributed by atoms with Crippen LogP contribution >= 0.6 is 0 Å². The van der Waals surface area contributed by atoms with Crippen molar-refractivity contribution in [2.75, 3.05) is 0 Å². The minimum Gasteiger partial charge on any atom is -0.460 e. The van der Waals surface area contributed by atoms with Crippen LogP contribution in [0.3, 0.4) is 0 Å². The number of rotatable bonds is 0. The molecule has 0 aromatic heterocycles. The highest BCUT2D eigenvalue weighted by molar-refractivity contribution is 5.78. The zero-order valence-corrected chi connectivity index (χ0v) is 8.03. The molecule has 3 heteroatoms. The van der Waals surface area contributed by atoms with Crippen LogP contribution in [0.2, 0.25) is 0 Å². The first-order chi connectivity index (χ1) is 6.72. The number of hydrogen-bond donors (Lipinski definition) is 1. The van der Waals surface area contributed by atoms with E-state index in [-0.39, 0.29) is 11.5 Å². The molecule has 0 amide bonds. The predicted octanol–water partition coefficient (Wildman–Crippen LogP) is 1.16. The summed E-state index contributed by atoms with van der Waals surface area (Å²) in [7, 11) is 0. The van der Waals surface area contributed by atoms with Crippen molar-refractivity contribution in [1.29, 1.82) is 0 Å². The number of carbonyl (C=O) groups is 1. The summed E-state index contributed by atoms with van der Waals surface area (Å²) in [6, 6.07) is 0. The molecule has 3 aliphatic rings. The van der Waals surface area contributed by atoms with Crippen molar-refractivity contribution < 1.29 is 14.6 Å². The van der Waals surface area contributed by atoms with Crippen LogP contribution in [-0.2, 0) is 9.53 Å². The Morgan fingerprint density at radius 2 is 2.43 bits per heavy atom. The maximum Gasteiger partial charge on any atom is 0.336 e. The van der Waals surface area contributed by atoms with Gasteiger partial charge in [-0.25, -0.2) is 4.79 Å². The van der Waals surface area contributed by atoms with E-state index in [4.69, 9.17) is 4.74 Å². The van der Waals surface area contributed by atoms with E-state index in [1.54, 1.807) is 0 Å². The van der Waals surface area contributed by atoms with Crippen LogP contribution in [0.1, 0.15) is 32.1 Å². The molecule has 3 atom stereocenters. The van der Waals surface area contributed by atoms with Gasteiger partial charge < -0.3 is 9.84 Å². The second-order valence-corrected chi connectivity index (χ2v) is 4.63. The molecule has 0 unspecified atom stereocenters. The van der Waals surface area contributed by atoms with Gasteiger partial charge in [-0.1, -0.05) is 11.6 Å². The first kappa shape index (κ1) is 8.48. The molecule has 14 heavy (non-hydrogen) atoms. The third kappa shape index (κ3) is 0.883. The fourth-order valence-electron chi connectivity index (χ4n) is 3.26. The van der Waals surface area contributed by atoms with Crippen LogP contribution in [0, 0.1) is 5.41 Å². The Morgan fingerprint density at radius 1 is 1.57 bits per heavy atom. The number of fused-ring (bicyclic) bond motifs is 1. The average Bonchev–Trinajstić information content (AvgIpc) is 2.58.